The van der Waals surface area contributed by atoms with Crippen LogP contribution >= 0.6 is 0 Å². The Morgan fingerprint density at radius 3 is 2.83 bits per heavy atom. The molecule has 0 aliphatic rings. The van der Waals surface area contributed by atoms with Crippen molar-refractivity contribution in [3.63, 3.8) is 0 Å². The number of nitrogens with zero attached hydrogens (tertiary/aromatic N) is 4. The third kappa shape index (κ3) is 2.55. The van der Waals surface area contributed by atoms with Crippen LogP contribution in [0.4, 0.5) is 0 Å². The topological polar surface area (TPSA) is 96.5 Å². The number of hydrogen-bond acceptors (Lipinski definition) is 4. The number of nitriles is 1. The number of aromatic amines is 1. The molecule has 0 saturated heterocycles. The zero-order valence-electron chi connectivity index (χ0n) is 12.6. The fourth-order valence-corrected chi connectivity index (χ4v) is 2.55. The molecule has 0 fully saturated rings. The molecule has 1 aromatic carbocycles. The van der Waals surface area contributed by atoms with Gasteiger partial charge in [-0.25, -0.2) is 4.98 Å². The molecule has 0 radical (unpaired) electrons. The molecule has 0 unspecified atom stereocenters. The van der Waals surface area contributed by atoms with Crippen molar-refractivity contribution in [1.29, 1.82) is 5.26 Å². The fraction of sp³-hybridized carbons (Fsp3) is 0.250. The van der Waals surface area contributed by atoms with Crippen molar-refractivity contribution in [3.05, 3.63) is 57.1 Å². The van der Waals surface area contributed by atoms with Crippen molar-refractivity contribution in [2.75, 3.05) is 0 Å². The summed E-state index contributed by atoms with van der Waals surface area (Å²) in [6, 6.07) is 5.44. The number of aryl methyl sites for hydroxylation is 1. The maximum absolute atomic E-state index is 12.2. The second-order valence-electron chi connectivity index (χ2n) is 5.23. The predicted molar refractivity (Wildman–Crippen MR) is 85.6 cm³/mol. The highest BCUT2D eigenvalue weighted by atomic mass is 16.2. The molecule has 0 amide bonds. The van der Waals surface area contributed by atoms with Crippen LogP contribution in [0.15, 0.2) is 40.4 Å². The fourth-order valence-electron chi connectivity index (χ4n) is 2.55. The van der Waals surface area contributed by atoms with Gasteiger partial charge in [0.25, 0.3) is 0 Å². The first-order valence-corrected chi connectivity index (χ1v) is 7.35. The minimum absolute atomic E-state index is 0.395. The maximum atomic E-state index is 12.2. The molecule has 7 nitrogen and oxygen atoms in total. The van der Waals surface area contributed by atoms with Crippen LogP contribution in [0.5, 0.6) is 0 Å². The van der Waals surface area contributed by atoms with Crippen LogP contribution in [0.25, 0.3) is 16.7 Å². The lowest BCUT2D eigenvalue weighted by Gasteiger charge is -2.12. The average Bonchev–Trinajstić information content (AvgIpc) is 3.08. The number of imidazole rings is 1. The van der Waals surface area contributed by atoms with Gasteiger partial charge < -0.3 is 14.1 Å². The van der Waals surface area contributed by atoms with Gasteiger partial charge in [-0.2, -0.15) is 5.26 Å². The van der Waals surface area contributed by atoms with E-state index in [2.05, 4.69) is 16.0 Å². The number of nitrogens with one attached hydrogen (secondary N) is 1. The van der Waals surface area contributed by atoms with Crippen molar-refractivity contribution in [1.82, 2.24) is 19.1 Å². The van der Waals surface area contributed by atoms with Gasteiger partial charge in [0.2, 0.25) is 0 Å². The predicted octanol–water partition coefficient (Wildman–Crippen LogP) is 1.55. The van der Waals surface area contributed by atoms with Crippen LogP contribution in [0.1, 0.15) is 25.3 Å². The Bertz CT molecular complexity index is 1010. The number of unbranched alkanes of at least 4 members (excludes halogenated alkanes) is 1. The Morgan fingerprint density at radius 1 is 1.35 bits per heavy atom. The summed E-state index contributed by atoms with van der Waals surface area (Å²) in [6.45, 7) is 2.48. The Balaban J connectivity index is 2.36. The molecule has 2 aromatic heterocycles. The number of H-pyrrole nitrogens is 1. The molecule has 0 aliphatic heterocycles. The van der Waals surface area contributed by atoms with Gasteiger partial charge in [0.05, 0.1) is 28.6 Å². The Kier molecular flexibility index (Phi) is 3.81. The number of aromatic nitrogens is 4. The molecule has 3 rings (SSSR count). The van der Waals surface area contributed by atoms with Gasteiger partial charge in [-0.15, -0.1) is 0 Å². The van der Waals surface area contributed by atoms with Gasteiger partial charge in [-0.1, -0.05) is 13.3 Å². The quantitative estimate of drug-likeness (QED) is 0.739. The van der Waals surface area contributed by atoms with Crippen LogP contribution in [0.3, 0.4) is 0 Å². The van der Waals surface area contributed by atoms with E-state index in [1.165, 1.54) is 4.57 Å². The van der Waals surface area contributed by atoms with Crippen LogP contribution in [-0.4, -0.2) is 19.1 Å². The molecule has 0 bridgehead atoms. The highest BCUT2D eigenvalue weighted by Gasteiger charge is 2.12. The summed E-state index contributed by atoms with van der Waals surface area (Å²) in [5, 5.41) is 9.37. The summed E-state index contributed by atoms with van der Waals surface area (Å²) < 4.78 is 3.18. The molecule has 7 heteroatoms. The monoisotopic (exact) mass is 309 g/mol. The van der Waals surface area contributed by atoms with Crippen molar-refractivity contribution in [2.45, 2.75) is 26.3 Å². The van der Waals surface area contributed by atoms with Crippen LogP contribution in [-0.2, 0) is 6.54 Å². The van der Waals surface area contributed by atoms with Gasteiger partial charge in [0, 0.05) is 18.9 Å². The third-order valence-electron chi connectivity index (χ3n) is 3.73. The van der Waals surface area contributed by atoms with Crippen LogP contribution < -0.4 is 11.1 Å². The van der Waals surface area contributed by atoms with Gasteiger partial charge in [-0.3, -0.25) is 9.59 Å². The summed E-state index contributed by atoms with van der Waals surface area (Å²) >= 11 is 0. The summed E-state index contributed by atoms with van der Waals surface area (Å²) in [7, 11) is 0. The highest BCUT2D eigenvalue weighted by molar-refractivity contribution is 5.80. The molecule has 0 atom stereocenters. The van der Waals surface area contributed by atoms with E-state index in [1.54, 1.807) is 35.4 Å². The smallest absolute Gasteiger partial charge is 0.316 e. The first kappa shape index (κ1) is 14.8. The molecular weight excluding hydrogens is 294 g/mol. The van der Waals surface area contributed by atoms with E-state index in [0.29, 0.717) is 28.8 Å². The molecule has 1 N–H and O–H groups in total. The van der Waals surface area contributed by atoms with E-state index in [1.807, 2.05) is 6.92 Å². The zero-order chi connectivity index (χ0) is 16.4. The lowest BCUT2D eigenvalue weighted by atomic mass is 10.1. The SMILES string of the molecule is CCCCn1c(=O)c(=O)[nH]c2cc(C#N)c(-n3ccnc3)cc21. The molecular formula is C16H15N5O2. The Morgan fingerprint density at radius 2 is 2.17 bits per heavy atom. The van der Waals surface area contributed by atoms with E-state index >= 15 is 0 Å². The lowest BCUT2D eigenvalue weighted by Crippen LogP contribution is -2.36. The molecule has 3 aromatic rings. The standard InChI is InChI=1S/C16H15N5O2/c1-2-3-5-21-14-8-13(20-6-4-18-10-20)11(9-17)7-12(14)19-15(22)16(21)23/h4,6-8,10H,2-3,5H2,1H3,(H,19,22). The zero-order valence-corrected chi connectivity index (χ0v) is 12.6. The number of hydrogen-bond donors (Lipinski definition) is 1. The van der Waals surface area contributed by atoms with Crippen molar-refractivity contribution >= 4 is 11.0 Å². The second-order valence-corrected chi connectivity index (χ2v) is 5.23. The molecule has 116 valence electrons. The molecule has 0 saturated carbocycles. The van der Waals surface area contributed by atoms with E-state index in [4.69, 9.17) is 0 Å². The summed E-state index contributed by atoms with van der Waals surface area (Å²) in [5.74, 6) is 0. The summed E-state index contributed by atoms with van der Waals surface area (Å²) in [6.07, 6.45) is 6.62. The van der Waals surface area contributed by atoms with Crippen LogP contribution in [0.2, 0.25) is 0 Å². The Hall–Kier alpha value is -3.14. The van der Waals surface area contributed by atoms with E-state index in [-0.39, 0.29) is 0 Å². The normalized spacial score (nSPS) is 10.8. The molecule has 0 aliphatic carbocycles. The summed E-state index contributed by atoms with van der Waals surface area (Å²) in [4.78, 5) is 30.6. The van der Waals surface area contributed by atoms with Gasteiger partial charge in [0.1, 0.15) is 6.07 Å². The van der Waals surface area contributed by atoms with Crippen molar-refractivity contribution in [3.8, 4) is 11.8 Å². The van der Waals surface area contributed by atoms with Gasteiger partial charge in [-0.05, 0) is 18.6 Å². The lowest BCUT2D eigenvalue weighted by molar-refractivity contribution is 0.625. The van der Waals surface area contributed by atoms with E-state index in [9.17, 15) is 14.9 Å². The van der Waals surface area contributed by atoms with Crippen molar-refractivity contribution in [2.24, 2.45) is 0 Å². The van der Waals surface area contributed by atoms with E-state index in [0.717, 1.165) is 12.8 Å². The van der Waals surface area contributed by atoms with E-state index < -0.39 is 11.1 Å². The van der Waals surface area contributed by atoms with Gasteiger partial charge in [0.15, 0.2) is 0 Å². The minimum atomic E-state index is -0.673. The minimum Gasteiger partial charge on any atom is -0.316 e. The number of benzene rings is 1. The third-order valence-corrected chi connectivity index (χ3v) is 3.73. The van der Waals surface area contributed by atoms with Crippen molar-refractivity contribution < 1.29 is 0 Å². The number of fused-ring (bicyclic) bond motifs is 1. The molecule has 2 heterocycles. The average molecular weight is 309 g/mol. The molecule has 0 spiro atoms. The van der Waals surface area contributed by atoms with Gasteiger partial charge >= 0.3 is 11.1 Å². The largest absolute Gasteiger partial charge is 0.316 e. The molecule has 23 heavy (non-hydrogen) atoms. The first-order valence-electron chi connectivity index (χ1n) is 7.35. The second kappa shape index (κ2) is 5.93. The maximum Gasteiger partial charge on any atom is 0.316 e. The summed E-state index contributed by atoms with van der Waals surface area (Å²) in [5.41, 5.74) is 0.845. The highest BCUT2D eigenvalue weighted by Crippen LogP contribution is 2.20. The number of rotatable bonds is 4. The first-order chi connectivity index (χ1) is 11.2. The Labute approximate surface area is 131 Å². The van der Waals surface area contributed by atoms with Crippen LogP contribution in [0, 0.1) is 11.3 Å².